The molecular formula is C30H30ClN4O4S+. The third kappa shape index (κ3) is 5.44. The van der Waals surface area contributed by atoms with Gasteiger partial charge in [-0.1, -0.05) is 79.2 Å². The number of carbonyl (C=O) groups is 1. The minimum atomic E-state index is -0.787. The quantitative estimate of drug-likeness (QED) is 0.154. The molecule has 1 atom stereocenters. The number of amides is 1. The van der Waals surface area contributed by atoms with E-state index in [0.29, 0.717) is 50.8 Å². The van der Waals surface area contributed by atoms with Gasteiger partial charge in [-0.2, -0.15) is 0 Å². The molecule has 1 N–H and O–H groups in total. The van der Waals surface area contributed by atoms with Crippen LogP contribution in [0.4, 0.5) is 5.69 Å². The number of rotatable bonds is 9. The standard InChI is InChI=1S/C30H29ClN4O4S/c1-4-5-15-40-30-32-28(37)26-22-13-9-10-14-24(22)34(19(2)36)29(35(26)33-30)21-16-23(31)27(25(17-21)38-3)39-18-20-11-7-6-8-12-20/h6-14,16-17,29H,4-5,15,18H2,1-3H3/p+1/t29-/m1/s1. The van der Waals surface area contributed by atoms with E-state index in [1.54, 1.807) is 21.7 Å². The largest absolute Gasteiger partial charge is 0.493 e. The number of carbonyl (C=O) groups excluding carboxylic acids is 1. The van der Waals surface area contributed by atoms with Crippen LogP contribution in [0.15, 0.2) is 76.7 Å². The van der Waals surface area contributed by atoms with Crippen molar-refractivity contribution in [3.63, 3.8) is 0 Å². The molecule has 0 radical (unpaired) electrons. The maximum atomic E-state index is 13.5. The SMILES string of the molecule is CCCCSc1n[n+]2c(c(=O)[nH]1)-c1ccccc1N(C(C)=O)[C@H]2c1cc(Cl)c(OCc2ccccc2)c(OC)c1. The Hall–Kier alpha value is -3.82. The van der Waals surface area contributed by atoms with Crippen molar-refractivity contribution in [3.8, 4) is 22.8 Å². The number of methoxy groups -OCH3 is 1. The van der Waals surface area contributed by atoms with E-state index < -0.39 is 6.17 Å². The number of fused-ring (bicyclic) bond motifs is 3. The molecule has 0 bridgehead atoms. The van der Waals surface area contributed by atoms with Crippen LogP contribution in [0.2, 0.25) is 5.02 Å². The van der Waals surface area contributed by atoms with Gasteiger partial charge in [-0.3, -0.25) is 14.6 Å². The lowest BCUT2D eigenvalue weighted by Crippen LogP contribution is -2.60. The average Bonchev–Trinajstić information content (AvgIpc) is 2.95. The molecule has 1 aromatic heterocycles. The van der Waals surface area contributed by atoms with E-state index >= 15 is 0 Å². The Labute approximate surface area is 241 Å². The topological polar surface area (TPSA) is 88.4 Å². The van der Waals surface area contributed by atoms with Crippen molar-refractivity contribution in [1.82, 2.24) is 10.1 Å². The number of nitrogens with one attached hydrogen (secondary N) is 1. The Bertz CT molecular complexity index is 1590. The highest BCUT2D eigenvalue weighted by Gasteiger charge is 2.45. The summed E-state index contributed by atoms with van der Waals surface area (Å²) in [5.74, 6) is 1.40. The van der Waals surface area contributed by atoms with Gasteiger partial charge in [0.05, 0.1) is 28.9 Å². The van der Waals surface area contributed by atoms with Gasteiger partial charge in [0.25, 0.3) is 6.17 Å². The van der Waals surface area contributed by atoms with Gasteiger partial charge in [0.2, 0.25) is 11.1 Å². The number of aromatic amines is 1. The number of halogens is 1. The lowest BCUT2D eigenvalue weighted by Gasteiger charge is -2.31. The molecule has 4 aromatic rings. The van der Waals surface area contributed by atoms with Gasteiger partial charge >= 0.3 is 11.3 Å². The van der Waals surface area contributed by atoms with Crippen LogP contribution in [0, 0.1) is 0 Å². The summed E-state index contributed by atoms with van der Waals surface area (Å²) in [4.78, 5) is 31.3. The van der Waals surface area contributed by atoms with Crippen molar-refractivity contribution in [2.75, 3.05) is 17.8 Å². The fourth-order valence-electron chi connectivity index (χ4n) is 4.75. The fraction of sp³-hybridized carbons (Fsp3) is 0.267. The molecule has 1 aliphatic heterocycles. The molecule has 1 aliphatic rings. The van der Waals surface area contributed by atoms with Gasteiger partial charge < -0.3 is 9.47 Å². The van der Waals surface area contributed by atoms with Crippen LogP contribution in [-0.2, 0) is 11.4 Å². The summed E-state index contributed by atoms with van der Waals surface area (Å²) in [6.45, 7) is 3.91. The van der Waals surface area contributed by atoms with Gasteiger partial charge in [0, 0.05) is 17.8 Å². The van der Waals surface area contributed by atoms with Crippen molar-refractivity contribution < 1.29 is 19.0 Å². The van der Waals surface area contributed by atoms with Crippen LogP contribution in [-0.4, -0.2) is 28.9 Å². The third-order valence-corrected chi connectivity index (χ3v) is 7.84. The summed E-state index contributed by atoms with van der Waals surface area (Å²) in [6, 6.07) is 20.6. The summed E-state index contributed by atoms with van der Waals surface area (Å²) >= 11 is 8.27. The number of para-hydroxylation sites is 1. The Morgan fingerprint density at radius 3 is 2.62 bits per heavy atom. The highest BCUT2D eigenvalue weighted by atomic mass is 35.5. The Morgan fingerprint density at radius 1 is 1.15 bits per heavy atom. The number of ether oxygens (including phenoxy) is 2. The molecule has 8 nitrogen and oxygen atoms in total. The number of nitrogens with zero attached hydrogens (tertiary/aromatic N) is 3. The van der Waals surface area contributed by atoms with E-state index in [9.17, 15) is 9.59 Å². The maximum Gasteiger partial charge on any atom is 0.325 e. The predicted octanol–water partition coefficient (Wildman–Crippen LogP) is 5.77. The van der Waals surface area contributed by atoms with E-state index in [2.05, 4.69) is 11.9 Å². The van der Waals surface area contributed by atoms with Gasteiger partial charge in [0.1, 0.15) is 6.61 Å². The van der Waals surface area contributed by atoms with E-state index in [1.165, 1.54) is 25.8 Å². The van der Waals surface area contributed by atoms with Crippen molar-refractivity contribution in [3.05, 3.63) is 93.2 Å². The second kappa shape index (κ2) is 12.1. The number of unbranched alkanes of at least 4 members (excludes halogenated alkanes) is 1. The smallest absolute Gasteiger partial charge is 0.325 e. The van der Waals surface area contributed by atoms with Crippen LogP contribution in [0.1, 0.15) is 44.0 Å². The molecule has 0 aliphatic carbocycles. The Morgan fingerprint density at radius 2 is 1.90 bits per heavy atom. The van der Waals surface area contributed by atoms with Gasteiger partial charge in [-0.05, 0) is 40.9 Å². The molecule has 5 rings (SSSR count). The predicted molar refractivity (Wildman–Crippen MR) is 156 cm³/mol. The minimum absolute atomic E-state index is 0.211. The van der Waals surface area contributed by atoms with E-state index in [4.69, 9.17) is 26.2 Å². The summed E-state index contributed by atoms with van der Waals surface area (Å²) in [5, 5.41) is 5.63. The van der Waals surface area contributed by atoms with Crippen LogP contribution in [0.5, 0.6) is 11.5 Å². The highest BCUT2D eigenvalue weighted by molar-refractivity contribution is 7.99. The monoisotopic (exact) mass is 577 g/mol. The molecule has 2 heterocycles. The van der Waals surface area contributed by atoms with Crippen molar-refractivity contribution in [2.24, 2.45) is 0 Å². The first-order valence-corrected chi connectivity index (χ1v) is 14.4. The number of hydrogen-bond donors (Lipinski definition) is 1. The van der Waals surface area contributed by atoms with Crippen molar-refractivity contribution in [2.45, 2.75) is 44.6 Å². The molecule has 0 unspecified atom stereocenters. The first kappa shape index (κ1) is 27.7. The molecule has 10 heteroatoms. The molecule has 3 aromatic carbocycles. The molecule has 0 spiro atoms. The van der Waals surface area contributed by atoms with Gasteiger partial charge in [-0.25, -0.2) is 4.90 Å². The lowest BCUT2D eigenvalue weighted by atomic mass is 10.0. The van der Waals surface area contributed by atoms with E-state index in [0.717, 1.165) is 24.2 Å². The third-order valence-electron chi connectivity index (χ3n) is 6.61. The maximum absolute atomic E-state index is 13.5. The first-order chi connectivity index (χ1) is 19.4. The molecule has 0 fully saturated rings. The zero-order valence-electron chi connectivity index (χ0n) is 22.5. The summed E-state index contributed by atoms with van der Waals surface area (Å²) in [6.07, 6.45) is 1.23. The van der Waals surface area contributed by atoms with Gasteiger partial charge in [-0.15, -0.1) is 0 Å². The fourth-order valence-corrected chi connectivity index (χ4v) is 5.96. The van der Waals surface area contributed by atoms with Crippen LogP contribution >= 0.6 is 23.4 Å². The number of benzene rings is 3. The number of hydrogen-bond acceptors (Lipinski definition) is 6. The Balaban J connectivity index is 1.65. The zero-order chi connectivity index (χ0) is 28.2. The molecule has 0 saturated carbocycles. The number of thioether (sulfide) groups is 1. The Kier molecular flexibility index (Phi) is 8.42. The second-order valence-electron chi connectivity index (χ2n) is 9.34. The second-order valence-corrected chi connectivity index (χ2v) is 10.8. The summed E-state index contributed by atoms with van der Waals surface area (Å²) in [7, 11) is 1.54. The molecule has 40 heavy (non-hydrogen) atoms. The highest BCUT2D eigenvalue weighted by Crippen LogP contribution is 2.42. The first-order valence-electron chi connectivity index (χ1n) is 13.0. The van der Waals surface area contributed by atoms with E-state index in [1.807, 2.05) is 54.6 Å². The lowest BCUT2D eigenvalue weighted by molar-refractivity contribution is -0.763. The summed E-state index contributed by atoms with van der Waals surface area (Å²) < 4.78 is 13.4. The number of anilines is 1. The molecular weight excluding hydrogens is 548 g/mol. The van der Waals surface area contributed by atoms with Crippen molar-refractivity contribution in [1.29, 1.82) is 0 Å². The molecule has 0 saturated heterocycles. The average molecular weight is 578 g/mol. The van der Waals surface area contributed by atoms with Crippen LogP contribution in [0.3, 0.4) is 0 Å². The summed E-state index contributed by atoms with van der Waals surface area (Å²) in [5.41, 5.74) is 2.91. The van der Waals surface area contributed by atoms with E-state index in [-0.39, 0.29) is 11.5 Å². The molecule has 1 amide bonds. The van der Waals surface area contributed by atoms with Crippen LogP contribution < -0.4 is 24.6 Å². The van der Waals surface area contributed by atoms with Crippen LogP contribution in [0.25, 0.3) is 11.3 Å². The minimum Gasteiger partial charge on any atom is -0.493 e. The zero-order valence-corrected chi connectivity index (χ0v) is 24.1. The normalized spacial score (nSPS) is 13.9. The van der Waals surface area contributed by atoms with Gasteiger partial charge in [0.15, 0.2) is 11.5 Å². The van der Waals surface area contributed by atoms with Crippen molar-refractivity contribution >= 4 is 35.0 Å². The molecule has 206 valence electrons. The number of H-pyrrole nitrogens is 1. The number of aromatic nitrogens is 3.